The van der Waals surface area contributed by atoms with Gasteiger partial charge in [-0.2, -0.15) is 0 Å². The lowest BCUT2D eigenvalue weighted by molar-refractivity contribution is -0.161. The van der Waals surface area contributed by atoms with Gasteiger partial charge in [0.25, 0.3) is 0 Å². The molecule has 106 valence electrons. The number of hydrogen-bond donors (Lipinski definition) is 0. The van der Waals surface area contributed by atoms with Crippen molar-refractivity contribution in [1.29, 1.82) is 0 Å². The van der Waals surface area contributed by atoms with E-state index in [1.165, 1.54) is 0 Å². The third kappa shape index (κ3) is 2.22. The van der Waals surface area contributed by atoms with Crippen LogP contribution in [-0.2, 0) is 14.3 Å². The van der Waals surface area contributed by atoms with Gasteiger partial charge in [-0.05, 0) is 25.0 Å². The van der Waals surface area contributed by atoms with Crippen molar-refractivity contribution in [1.82, 2.24) is 0 Å². The molecule has 0 amide bonds. The minimum atomic E-state index is -2.20. The Hall–Kier alpha value is -1.75. The smallest absolute Gasteiger partial charge is 0.338 e. The van der Waals surface area contributed by atoms with E-state index in [1.807, 2.05) is 0 Å². The SMILES string of the molecule is O=C(OC[C@]1(F)C(=O)C[C@@H]2CC[C@H]1O2)c1ccccc1. The van der Waals surface area contributed by atoms with Crippen molar-refractivity contribution in [2.24, 2.45) is 0 Å². The van der Waals surface area contributed by atoms with Crippen molar-refractivity contribution in [2.75, 3.05) is 6.61 Å². The molecule has 3 rings (SSSR count). The Kier molecular flexibility index (Phi) is 3.30. The number of ketones is 1. The van der Waals surface area contributed by atoms with Crippen LogP contribution in [-0.4, -0.2) is 36.2 Å². The molecular weight excluding hydrogens is 263 g/mol. The average molecular weight is 278 g/mol. The molecule has 3 atom stereocenters. The Bertz CT molecular complexity index is 530. The summed E-state index contributed by atoms with van der Waals surface area (Å²) in [4.78, 5) is 23.7. The molecule has 2 heterocycles. The Morgan fingerprint density at radius 2 is 2.10 bits per heavy atom. The molecular formula is C15H15FO4. The summed E-state index contributed by atoms with van der Waals surface area (Å²) >= 11 is 0. The molecule has 0 N–H and O–H groups in total. The highest BCUT2D eigenvalue weighted by Crippen LogP contribution is 2.39. The molecule has 2 saturated heterocycles. The zero-order valence-electron chi connectivity index (χ0n) is 10.9. The van der Waals surface area contributed by atoms with E-state index in [0.717, 1.165) is 0 Å². The van der Waals surface area contributed by atoms with Crippen molar-refractivity contribution in [3.8, 4) is 0 Å². The molecule has 0 aliphatic carbocycles. The van der Waals surface area contributed by atoms with Crippen LogP contribution >= 0.6 is 0 Å². The van der Waals surface area contributed by atoms with Gasteiger partial charge >= 0.3 is 5.97 Å². The van der Waals surface area contributed by atoms with Gasteiger partial charge in [0, 0.05) is 6.42 Å². The number of hydrogen-bond acceptors (Lipinski definition) is 4. The summed E-state index contributed by atoms with van der Waals surface area (Å²) in [6, 6.07) is 8.32. The summed E-state index contributed by atoms with van der Waals surface area (Å²) in [5, 5.41) is 0. The van der Waals surface area contributed by atoms with E-state index in [4.69, 9.17) is 9.47 Å². The largest absolute Gasteiger partial charge is 0.458 e. The summed E-state index contributed by atoms with van der Waals surface area (Å²) in [6.07, 6.45) is 0.305. The van der Waals surface area contributed by atoms with Crippen molar-refractivity contribution in [3.63, 3.8) is 0 Å². The highest BCUT2D eigenvalue weighted by atomic mass is 19.1. The predicted molar refractivity (Wildman–Crippen MR) is 68.1 cm³/mol. The van der Waals surface area contributed by atoms with Gasteiger partial charge in [-0.1, -0.05) is 18.2 Å². The molecule has 5 heteroatoms. The lowest BCUT2D eigenvalue weighted by atomic mass is 9.91. The molecule has 2 bridgehead atoms. The second kappa shape index (κ2) is 4.98. The molecule has 20 heavy (non-hydrogen) atoms. The molecule has 0 aromatic heterocycles. The molecule has 0 unspecified atom stereocenters. The number of esters is 1. The first-order chi connectivity index (χ1) is 9.59. The molecule has 4 nitrogen and oxygen atoms in total. The molecule has 1 aromatic rings. The van der Waals surface area contributed by atoms with Crippen molar-refractivity contribution in [2.45, 2.75) is 37.1 Å². The Morgan fingerprint density at radius 1 is 1.35 bits per heavy atom. The summed E-state index contributed by atoms with van der Waals surface area (Å²) in [5.74, 6) is -1.15. The van der Waals surface area contributed by atoms with Gasteiger partial charge in [-0.3, -0.25) is 4.79 Å². The van der Waals surface area contributed by atoms with Gasteiger partial charge in [-0.25, -0.2) is 9.18 Å². The molecule has 1 aromatic carbocycles. The molecule has 0 radical (unpaired) electrons. The van der Waals surface area contributed by atoms with E-state index in [9.17, 15) is 14.0 Å². The topological polar surface area (TPSA) is 52.6 Å². The maximum atomic E-state index is 14.8. The minimum absolute atomic E-state index is 0.0654. The molecule has 0 saturated carbocycles. The first-order valence-electron chi connectivity index (χ1n) is 6.69. The quantitative estimate of drug-likeness (QED) is 0.794. The highest BCUT2D eigenvalue weighted by molar-refractivity contribution is 5.92. The normalized spacial score (nSPS) is 32.1. The van der Waals surface area contributed by atoms with Crippen LogP contribution in [0.1, 0.15) is 29.6 Å². The van der Waals surface area contributed by atoms with Gasteiger partial charge in [0.05, 0.1) is 11.7 Å². The zero-order valence-corrected chi connectivity index (χ0v) is 10.9. The monoisotopic (exact) mass is 278 g/mol. The number of benzene rings is 1. The summed E-state index contributed by atoms with van der Waals surface area (Å²) in [6.45, 7) is -0.572. The molecule has 2 aliphatic rings. The van der Waals surface area contributed by atoms with Crippen molar-refractivity contribution in [3.05, 3.63) is 35.9 Å². The van der Waals surface area contributed by atoms with Crippen molar-refractivity contribution < 1.29 is 23.5 Å². The van der Waals surface area contributed by atoms with Crippen LogP contribution in [0.3, 0.4) is 0 Å². The fourth-order valence-electron chi connectivity index (χ4n) is 2.75. The molecule has 2 aliphatic heterocycles. The fraction of sp³-hybridized carbons (Fsp3) is 0.467. The van der Waals surface area contributed by atoms with Gasteiger partial charge in [-0.15, -0.1) is 0 Å². The third-order valence-electron chi connectivity index (χ3n) is 3.92. The number of ether oxygens (including phenoxy) is 2. The fourth-order valence-corrected chi connectivity index (χ4v) is 2.75. The standard InChI is InChI=1S/C15H15FO4/c16-15(12(17)8-11-6-7-13(15)20-11)9-19-14(18)10-4-2-1-3-5-10/h1-5,11,13H,6-9H2/t11-,13+,15-/m0/s1. The van der Waals surface area contributed by atoms with E-state index >= 15 is 0 Å². The van der Waals surface area contributed by atoms with Gasteiger partial charge in [0.1, 0.15) is 12.7 Å². The van der Waals surface area contributed by atoms with Crippen LogP contribution in [0.5, 0.6) is 0 Å². The lowest BCUT2D eigenvalue weighted by Crippen LogP contribution is -2.53. The maximum absolute atomic E-state index is 14.8. The predicted octanol–water partition coefficient (Wildman–Crippen LogP) is 2.07. The van der Waals surface area contributed by atoms with Crippen LogP contribution in [0.4, 0.5) is 4.39 Å². The second-order valence-corrected chi connectivity index (χ2v) is 5.26. The van der Waals surface area contributed by atoms with Crippen molar-refractivity contribution >= 4 is 11.8 Å². The summed E-state index contributed by atoms with van der Waals surface area (Å²) in [7, 11) is 0. The first-order valence-corrected chi connectivity index (χ1v) is 6.69. The van der Waals surface area contributed by atoms with E-state index < -0.39 is 30.1 Å². The second-order valence-electron chi connectivity index (χ2n) is 5.26. The van der Waals surface area contributed by atoms with Crippen LogP contribution in [0.2, 0.25) is 0 Å². The number of Topliss-reactive ketones (excluding diaryl/α,β-unsaturated/α-hetero) is 1. The number of rotatable bonds is 3. The van der Waals surface area contributed by atoms with E-state index in [-0.39, 0.29) is 12.5 Å². The Morgan fingerprint density at radius 3 is 2.85 bits per heavy atom. The zero-order chi connectivity index (χ0) is 14.2. The number of halogens is 1. The van der Waals surface area contributed by atoms with Gasteiger partial charge < -0.3 is 9.47 Å². The maximum Gasteiger partial charge on any atom is 0.338 e. The first kappa shape index (κ1) is 13.2. The van der Waals surface area contributed by atoms with Crippen LogP contribution < -0.4 is 0 Å². The lowest BCUT2D eigenvalue weighted by Gasteiger charge is -2.33. The minimum Gasteiger partial charge on any atom is -0.458 e. The number of fused-ring (bicyclic) bond motifs is 2. The number of carbonyl (C=O) groups excluding carboxylic acids is 2. The van der Waals surface area contributed by atoms with E-state index in [0.29, 0.717) is 18.4 Å². The molecule has 0 spiro atoms. The van der Waals surface area contributed by atoms with Crippen LogP contribution in [0.15, 0.2) is 30.3 Å². The highest BCUT2D eigenvalue weighted by Gasteiger charge is 2.55. The third-order valence-corrected chi connectivity index (χ3v) is 3.92. The summed E-state index contributed by atoms with van der Waals surface area (Å²) < 4.78 is 25.2. The Labute approximate surface area is 115 Å². The van der Waals surface area contributed by atoms with Crippen LogP contribution in [0.25, 0.3) is 0 Å². The number of alkyl halides is 1. The van der Waals surface area contributed by atoms with E-state index in [1.54, 1.807) is 30.3 Å². The molecule has 2 fully saturated rings. The van der Waals surface area contributed by atoms with E-state index in [2.05, 4.69) is 0 Å². The van der Waals surface area contributed by atoms with Gasteiger partial charge in [0.15, 0.2) is 5.78 Å². The number of carbonyl (C=O) groups is 2. The van der Waals surface area contributed by atoms with Crippen LogP contribution in [0, 0.1) is 0 Å². The average Bonchev–Trinajstić information content (AvgIpc) is 2.89. The summed E-state index contributed by atoms with van der Waals surface area (Å²) in [5.41, 5.74) is -1.86. The van der Waals surface area contributed by atoms with Gasteiger partial charge in [0.2, 0.25) is 5.67 Å². The Balaban J connectivity index is 1.68.